The van der Waals surface area contributed by atoms with Crippen molar-refractivity contribution >= 4 is 27.8 Å². The van der Waals surface area contributed by atoms with E-state index in [1.807, 2.05) is 30.3 Å². The quantitative estimate of drug-likeness (QED) is 0.519. The second-order valence-electron chi connectivity index (χ2n) is 4.13. The summed E-state index contributed by atoms with van der Waals surface area (Å²) in [5.74, 6) is -0.405. The fraction of sp³-hybridized carbons (Fsp3) is 0.133. The van der Waals surface area contributed by atoms with E-state index in [2.05, 4.69) is 9.97 Å². The highest BCUT2D eigenvalue weighted by Gasteiger charge is 2.10. The average molecular weight is 252 g/mol. The standard InChI is InChI=1S/C15H12N2O2/c1-2-19-15(18)12-8-7-11-6-5-10-4-3-9-16-13(10)14(11)17-12/h3-9H,2H2,1H3. The molecular weight excluding hydrogens is 240 g/mol. The number of carbonyl (C=O) groups excluding carboxylic acids is 1. The Morgan fingerprint density at radius 2 is 1.84 bits per heavy atom. The van der Waals surface area contributed by atoms with Crippen molar-refractivity contribution in [1.82, 2.24) is 9.97 Å². The van der Waals surface area contributed by atoms with Crippen molar-refractivity contribution in [2.45, 2.75) is 6.92 Å². The third kappa shape index (κ3) is 2.01. The molecule has 4 nitrogen and oxygen atoms in total. The second-order valence-corrected chi connectivity index (χ2v) is 4.13. The highest BCUT2D eigenvalue weighted by molar-refractivity contribution is 6.04. The fourth-order valence-corrected chi connectivity index (χ4v) is 2.04. The number of pyridine rings is 2. The lowest BCUT2D eigenvalue weighted by atomic mass is 10.1. The van der Waals surface area contributed by atoms with E-state index >= 15 is 0 Å². The first kappa shape index (κ1) is 11.6. The van der Waals surface area contributed by atoms with Gasteiger partial charge in [0.2, 0.25) is 0 Å². The summed E-state index contributed by atoms with van der Waals surface area (Å²) in [6, 6.07) is 11.4. The molecule has 0 spiro atoms. The molecule has 3 aromatic rings. The topological polar surface area (TPSA) is 52.1 Å². The fourth-order valence-electron chi connectivity index (χ4n) is 2.04. The molecule has 19 heavy (non-hydrogen) atoms. The van der Waals surface area contributed by atoms with Gasteiger partial charge in [0.05, 0.1) is 17.6 Å². The SMILES string of the molecule is CCOC(=O)c1ccc2ccc3cccnc3c2n1. The summed E-state index contributed by atoms with van der Waals surface area (Å²) in [4.78, 5) is 20.4. The Morgan fingerprint density at radius 3 is 2.63 bits per heavy atom. The third-order valence-electron chi connectivity index (χ3n) is 2.92. The molecular formula is C15H12N2O2. The second kappa shape index (κ2) is 4.65. The zero-order chi connectivity index (χ0) is 13.2. The maximum Gasteiger partial charge on any atom is 0.356 e. The number of ether oxygens (including phenoxy) is 1. The van der Waals surface area contributed by atoms with Crippen LogP contribution in [0, 0.1) is 0 Å². The molecule has 94 valence electrons. The van der Waals surface area contributed by atoms with E-state index in [4.69, 9.17) is 4.74 Å². The Bertz CT molecular complexity index is 768. The minimum absolute atomic E-state index is 0.313. The number of esters is 1. The van der Waals surface area contributed by atoms with Crippen LogP contribution in [-0.4, -0.2) is 22.5 Å². The summed E-state index contributed by atoms with van der Waals surface area (Å²) in [5, 5.41) is 1.96. The van der Waals surface area contributed by atoms with Gasteiger partial charge in [-0.15, -0.1) is 0 Å². The van der Waals surface area contributed by atoms with Crippen LogP contribution < -0.4 is 0 Å². The van der Waals surface area contributed by atoms with Gasteiger partial charge in [0.1, 0.15) is 5.69 Å². The first-order chi connectivity index (χ1) is 9.29. The van der Waals surface area contributed by atoms with Crippen LogP contribution in [0.5, 0.6) is 0 Å². The molecule has 0 radical (unpaired) electrons. The van der Waals surface area contributed by atoms with Gasteiger partial charge in [-0.2, -0.15) is 0 Å². The van der Waals surface area contributed by atoms with Crippen molar-refractivity contribution in [2.24, 2.45) is 0 Å². The summed E-state index contributed by atoms with van der Waals surface area (Å²) >= 11 is 0. The van der Waals surface area contributed by atoms with Crippen LogP contribution in [0.3, 0.4) is 0 Å². The molecule has 0 bridgehead atoms. The molecule has 0 saturated heterocycles. The minimum atomic E-state index is -0.405. The molecule has 4 heteroatoms. The van der Waals surface area contributed by atoms with Crippen molar-refractivity contribution in [1.29, 1.82) is 0 Å². The summed E-state index contributed by atoms with van der Waals surface area (Å²) in [6.07, 6.45) is 1.72. The zero-order valence-electron chi connectivity index (χ0n) is 10.5. The molecule has 0 unspecified atom stereocenters. The van der Waals surface area contributed by atoms with Gasteiger partial charge in [-0.05, 0) is 19.1 Å². The van der Waals surface area contributed by atoms with E-state index in [1.165, 1.54) is 0 Å². The Labute approximate surface area is 110 Å². The lowest BCUT2D eigenvalue weighted by molar-refractivity contribution is 0.0520. The molecule has 2 aromatic heterocycles. The highest BCUT2D eigenvalue weighted by Crippen LogP contribution is 2.22. The molecule has 0 amide bonds. The number of benzene rings is 1. The Balaban J connectivity index is 2.25. The van der Waals surface area contributed by atoms with Gasteiger partial charge < -0.3 is 4.74 Å². The molecule has 0 aliphatic carbocycles. The molecule has 0 fully saturated rings. The summed E-state index contributed by atoms with van der Waals surface area (Å²) < 4.78 is 4.97. The number of aromatic nitrogens is 2. The van der Waals surface area contributed by atoms with Crippen molar-refractivity contribution in [3.63, 3.8) is 0 Å². The monoisotopic (exact) mass is 252 g/mol. The predicted molar refractivity (Wildman–Crippen MR) is 73.0 cm³/mol. The van der Waals surface area contributed by atoms with Crippen molar-refractivity contribution in [2.75, 3.05) is 6.61 Å². The smallest absolute Gasteiger partial charge is 0.356 e. The van der Waals surface area contributed by atoms with E-state index in [9.17, 15) is 4.79 Å². The number of hydrogen-bond acceptors (Lipinski definition) is 4. The Hall–Kier alpha value is -2.49. The van der Waals surface area contributed by atoms with E-state index in [-0.39, 0.29) is 0 Å². The van der Waals surface area contributed by atoms with Crippen LogP contribution >= 0.6 is 0 Å². The molecule has 0 atom stereocenters. The third-order valence-corrected chi connectivity index (χ3v) is 2.92. The van der Waals surface area contributed by atoms with Gasteiger partial charge in [0.15, 0.2) is 0 Å². The van der Waals surface area contributed by atoms with E-state index in [0.29, 0.717) is 12.3 Å². The summed E-state index contributed by atoms with van der Waals surface area (Å²) in [5.41, 5.74) is 1.84. The van der Waals surface area contributed by atoms with Gasteiger partial charge in [-0.25, -0.2) is 9.78 Å². The van der Waals surface area contributed by atoms with E-state index in [0.717, 1.165) is 21.8 Å². The number of hydrogen-bond donors (Lipinski definition) is 0. The van der Waals surface area contributed by atoms with Crippen LogP contribution in [0.1, 0.15) is 17.4 Å². The van der Waals surface area contributed by atoms with Crippen molar-refractivity contribution in [3.05, 3.63) is 48.3 Å². The minimum Gasteiger partial charge on any atom is -0.461 e. The maximum absolute atomic E-state index is 11.7. The Kier molecular flexibility index (Phi) is 2.83. The molecule has 0 saturated carbocycles. The number of carbonyl (C=O) groups is 1. The van der Waals surface area contributed by atoms with E-state index in [1.54, 1.807) is 19.2 Å². The highest BCUT2D eigenvalue weighted by atomic mass is 16.5. The Morgan fingerprint density at radius 1 is 1.11 bits per heavy atom. The average Bonchev–Trinajstić information content (AvgIpc) is 2.47. The summed E-state index contributed by atoms with van der Waals surface area (Å²) in [6.45, 7) is 2.11. The lowest BCUT2D eigenvalue weighted by Crippen LogP contribution is -2.07. The van der Waals surface area contributed by atoms with Gasteiger partial charge in [-0.3, -0.25) is 4.98 Å². The molecule has 1 aromatic carbocycles. The van der Waals surface area contributed by atoms with Crippen LogP contribution in [0.4, 0.5) is 0 Å². The van der Waals surface area contributed by atoms with Gasteiger partial charge in [0, 0.05) is 17.0 Å². The molecule has 3 rings (SSSR count). The normalized spacial score (nSPS) is 10.8. The maximum atomic E-state index is 11.7. The van der Waals surface area contributed by atoms with Crippen LogP contribution in [0.25, 0.3) is 21.8 Å². The first-order valence-corrected chi connectivity index (χ1v) is 6.11. The molecule has 0 aliphatic rings. The number of fused-ring (bicyclic) bond motifs is 3. The van der Waals surface area contributed by atoms with Gasteiger partial charge in [0.25, 0.3) is 0 Å². The van der Waals surface area contributed by atoms with Crippen molar-refractivity contribution in [3.8, 4) is 0 Å². The number of rotatable bonds is 2. The van der Waals surface area contributed by atoms with Crippen LogP contribution in [0.2, 0.25) is 0 Å². The van der Waals surface area contributed by atoms with Gasteiger partial charge >= 0.3 is 5.97 Å². The zero-order valence-corrected chi connectivity index (χ0v) is 10.5. The van der Waals surface area contributed by atoms with Crippen LogP contribution in [0.15, 0.2) is 42.6 Å². The first-order valence-electron chi connectivity index (χ1n) is 6.11. The molecule has 0 aliphatic heterocycles. The summed E-state index contributed by atoms with van der Waals surface area (Å²) in [7, 11) is 0. The van der Waals surface area contributed by atoms with Crippen molar-refractivity contribution < 1.29 is 9.53 Å². The predicted octanol–water partition coefficient (Wildman–Crippen LogP) is 2.96. The molecule has 0 N–H and O–H groups in total. The molecule has 2 heterocycles. The van der Waals surface area contributed by atoms with Gasteiger partial charge in [-0.1, -0.05) is 24.3 Å². The number of nitrogens with zero attached hydrogens (tertiary/aromatic N) is 2. The lowest BCUT2D eigenvalue weighted by Gasteiger charge is -2.05. The van der Waals surface area contributed by atoms with Crippen LogP contribution in [-0.2, 0) is 4.74 Å². The van der Waals surface area contributed by atoms with E-state index < -0.39 is 5.97 Å². The largest absolute Gasteiger partial charge is 0.461 e.